The Bertz CT molecular complexity index is 480. The van der Waals surface area contributed by atoms with Gasteiger partial charge in [-0.25, -0.2) is 0 Å². The van der Waals surface area contributed by atoms with E-state index in [1.807, 2.05) is 26.1 Å². The third kappa shape index (κ3) is 2.24. The predicted molar refractivity (Wildman–Crippen MR) is 68.0 cm³/mol. The zero-order valence-corrected chi connectivity index (χ0v) is 10.6. The second kappa shape index (κ2) is 3.65. The molecule has 0 radical (unpaired) electrons. The van der Waals surface area contributed by atoms with Gasteiger partial charge in [-0.1, -0.05) is 22.0 Å². The number of benzene rings is 1. The molecule has 1 heterocycles. The summed E-state index contributed by atoms with van der Waals surface area (Å²) in [4.78, 5) is 3.27. The molecule has 2 rings (SSSR count). The van der Waals surface area contributed by atoms with E-state index < -0.39 is 0 Å². The molecule has 0 spiro atoms. The summed E-state index contributed by atoms with van der Waals surface area (Å²) in [6.45, 7) is 4.09. The van der Waals surface area contributed by atoms with E-state index in [1.54, 1.807) is 0 Å². The first-order valence-electron chi connectivity index (χ1n) is 5.01. The van der Waals surface area contributed by atoms with Crippen LogP contribution < -0.4 is 5.73 Å². The number of nitrogens with one attached hydrogen (secondary N) is 1. The van der Waals surface area contributed by atoms with Gasteiger partial charge < -0.3 is 10.7 Å². The molecule has 1 aromatic heterocycles. The van der Waals surface area contributed by atoms with Crippen molar-refractivity contribution in [3.8, 4) is 0 Å². The number of aromatic amines is 1. The van der Waals surface area contributed by atoms with Crippen molar-refractivity contribution in [2.45, 2.75) is 25.8 Å². The van der Waals surface area contributed by atoms with Crippen LogP contribution in [-0.4, -0.2) is 10.5 Å². The van der Waals surface area contributed by atoms with Crippen LogP contribution in [0.15, 0.2) is 28.9 Å². The molecule has 0 amide bonds. The summed E-state index contributed by atoms with van der Waals surface area (Å²) in [5.41, 5.74) is 8.29. The van der Waals surface area contributed by atoms with Crippen LogP contribution in [0.2, 0.25) is 0 Å². The van der Waals surface area contributed by atoms with Crippen LogP contribution in [0.3, 0.4) is 0 Å². The molecule has 0 fully saturated rings. The van der Waals surface area contributed by atoms with E-state index in [0.717, 1.165) is 16.4 Å². The average Bonchev–Trinajstić information content (AvgIpc) is 2.47. The number of fused-ring (bicyclic) bond motifs is 1. The van der Waals surface area contributed by atoms with E-state index >= 15 is 0 Å². The second-order valence-electron chi connectivity index (χ2n) is 4.64. The molecule has 3 heteroatoms. The summed E-state index contributed by atoms with van der Waals surface area (Å²) in [6.07, 6.45) is 2.92. The van der Waals surface area contributed by atoms with Crippen LogP contribution in [0.25, 0.3) is 10.9 Å². The first-order chi connectivity index (χ1) is 6.97. The summed E-state index contributed by atoms with van der Waals surface area (Å²) in [7, 11) is 0. The average molecular weight is 267 g/mol. The van der Waals surface area contributed by atoms with Crippen molar-refractivity contribution in [2.75, 3.05) is 0 Å². The van der Waals surface area contributed by atoms with E-state index in [4.69, 9.17) is 5.73 Å². The smallest absolute Gasteiger partial charge is 0.0468 e. The molecule has 0 saturated carbocycles. The topological polar surface area (TPSA) is 41.8 Å². The first-order valence-corrected chi connectivity index (χ1v) is 5.80. The minimum Gasteiger partial charge on any atom is -0.361 e. The highest BCUT2D eigenvalue weighted by Gasteiger charge is 2.15. The van der Waals surface area contributed by atoms with Crippen molar-refractivity contribution in [3.63, 3.8) is 0 Å². The molecule has 15 heavy (non-hydrogen) atoms. The standard InChI is InChI=1S/C12H15BrN2/c1-12(2,14)6-8-7-15-10-5-3-4-9(13)11(8)10/h3-5,7,15H,6,14H2,1-2H3. The van der Waals surface area contributed by atoms with Gasteiger partial charge in [0.1, 0.15) is 0 Å². The number of rotatable bonds is 2. The van der Waals surface area contributed by atoms with Crippen molar-refractivity contribution in [3.05, 3.63) is 34.4 Å². The van der Waals surface area contributed by atoms with Crippen LogP contribution in [-0.2, 0) is 6.42 Å². The molecule has 0 aliphatic rings. The van der Waals surface area contributed by atoms with E-state index in [1.165, 1.54) is 10.9 Å². The molecule has 0 aliphatic heterocycles. The molecule has 2 nitrogen and oxygen atoms in total. The number of hydrogen-bond acceptors (Lipinski definition) is 1. The van der Waals surface area contributed by atoms with Gasteiger partial charge >= 0.3 is 0 Å². The van der Waals surface area contributed by atoms with Crippen LogP contribution in [0.1, 0.15) is 19.4 Å². The van der Waals surface area contributed by atoms with Gasteiger partial charge in [0.15, 0.2) is 0 Å². The van der Waals surface area contributed by atoms with Gasteiger partial charge in [0, 0.05) is 27.1 Å². The molecule has 1 aromatic carbocycles. The Labute approximate surface area is 98.0 Å². The maximum absolute atomic E-state index is 6.04. The lowest BCUT2D eigenvalue weighted by molar-refractivity contribution is 0.518. The second-order valence-corrected chi connectivity index (χ2v) is 5.50. The highest BCUT2D eigenvalue weighted by Crippen LogP contribution is 2.28. The zero-order valence-electron chi connectivity index (χ0n) is 8.97. The summed E-state index contributed by atoms with van der Waals surface area (Å²) < 4.78 is 1.13. The van der Waals surface area contributed by atoms with E-state index in [2.05, 4.69) is 33.0 Å². The van der Waals surface area contributed by atoms with Gasteiger partial charge in [0.25, 0.3) is 0 Å². The van der Waals surface area contributed by atoms with Crippen molar-refractivity contribution < 1.29 is 0 Å². The lowest BCUT2D eigenvalue weighted by Gasteiger charge is -2.17. The van der Waals surface area contributed by atoms with Crippen LogP contribution in [0.5, 0.6) is 0 Å². The molecular formula is C12H15BrN2. The molecule has 2 aromatic rings. The zero-order chi connectivity index (χ0) is 11.1. The molecule has 80 valence electrons. The Morgan fingerprint density at radius 3 is 2.80 bits per heavy atom. The van der Waals surface area contributed by atoms with Gasteiger partial charge in [-0.15, -0.1) is 0 Å². The number of hydrogen-bond donors (Lipinski definition) is 2. The summed E-state index contributed by atoms with van der Waals surface area (Å²) in [5.74, 6) is 0. The molecule has 0 bridgehead atoms. The van der Waals surface area contributed by atoms with Crippen LogP contribution in [0, 0.1) is 0 Å². The lowest BCUT2D eigenvalue weighted by Crippen LogP contribution is -2.34. The van der Waals surface area contributed by atoms with E-state index in [9.17, 15) is 0 Å². The molecule has 0 aliphatic carbocycles. The Kier molecular flexibility index (Phi) is 2.61. The Morgan fingerprint density at radius 2 is 2.13 bits per heavy atom. The maximum Gasteiger partial charge on any atom is 0.0468 e. The number of H-pyrrole nitrogens is 1. The van der Waals surface area contributed by atoms with Gasteiger partial charge in [-0.05, 0) is 38.0 Å². The molecule has 0 unspecified atom stereocenters. The van der Waals surface area contributed by atoms with Gasteiger partial charge in [-0.2, -0.15) is 0 Å². The van der Waals surface area contributed by atoms with Crippen molar-refractivity contribution in [2.24, 2.45) is 5.73 Å². The SMILES string of the molecule is CC(C)(N)Cc1c[nH]c2cccc(Br)c12. The van der Waals surface area contributed by atoms with Crippen LogP contribution >= 0.6 is 15.9 Å². The summed E-state index contributed by atoms with van der Waals surface area (Å²) in [6, 6.07) is 6.16. The van der Waals surface area contributed by atoms with Crippen molar-refractivity contribution in [1.29, 1.82) is 0 Å². The third-order valence-electron chi connectivity index (χ3n) is 2.38. The fraction of sp³-hybridized carbons (Fsp3) is 0.333. The molecule has 0 atom stereocenters. The van der Waals surface area contributed by atoms with E-state index in [0.29, 0.717) is 0 Å². The Morgan fingerprint density at radius 1 is 1.40 bits per heavy atom. The van der Waals surface area contributed by atoms with Crippen molar-refractivity contribution in [1.82, 2.24) is 4.98 Å². The Hall–Kier alpha value is -0.800. The number of aromatic nitrogens is 1. The van der Waals surface area contributed by atoms with Gasteiger partial charge in [0.2, 0.25) is 0 Å². The highest BCUT2D eigenvalue weighted by molar-refractivity contribution is 9.10. The minimum atomic E-state index is -0.176. The van der Waals surface area contributed by atoms with Gasteiger partial charge in [0.05, 0.1) is 0 Å². The third-order valence-corrected chi connectivity index (χ3v) is 3.04. The van der Waals surface area contributed by atoms with E-state index in [-0.39, 0.29) is 5.54 Å². The maximum atomic E-state index is 6.04. The molecular weight excluding hydrogens is 252 g/mol. The Balaban J connectivity index is 2.53. The summed E-state index contributed by atoms with van der Waals surface area (Å²) >= 11 is 3.57. The summed E-state index contributed by atoms with van der Waals surface area (Å²) in [5, 5.41) is 1.25. The van der Waals surface area contributed by atoms with Crippen LogP contribution in [0.4, 0.5) is 0 Å². The molecule has 3 N–H and O–H groups in total. The fourth-order valence-electron chi connectivity index (χ4n) is 1.84. The minimum absolute atomic E-state index is 0.176. The monoisotopic (exact) mass is 266 g/mol. The normalized spacial score (nSPS) is 12.3. The quantitative estimate of drug-likeness (QED) is 0.861. The molecule has 0 saturated heterocycles. The fourth-order valence-corrected chi connectivity index (χ4v) is 2.46. The van der Waals surface area contributed by atoms with Crippen molar-refractivity contribution >= 4 is 26.8 Å². The number of nitrogens with two attached hydrogens (primary N) is 1. The number of halogens is 1. The first kappa shape index (κ1) is 10.7. The highest BCUT2D eigenvalue weighted by atomic mass is 79.9. The predicted octanol–water partition coefficient (Wildman–Crippen LogP) is 3.21. The van der Waals surface area contributed by atoms with Gasteiger partial charge in [-0.3, -0.25) is 0 Å². The largest absolute Gasteiger partial charge is 0.361 e. The lowest BCUT2D eigenvalue weighted by atomic mass is 9.96.